The molecule has 1 saturated carbocycles. The molecule has 2 rings (SSSR count). The Labute approximate surface area is 120 Å². The van der Waals surface area contributed by atoms with Gasteiger partial charge in [0, 0.05) is 0 Å². The van der Waals surface area contributed by atoms with Gasteiger partial charge in [0.1, 0.15) is 0 Å². The Balaban J connectivity index is 2.17. The van der Waals surface area contributed by atoms with Crippen molar-refractivity contribution in [3.63, 3.8) is 0 Å². The van der Waals surface area contributed by atoms with Crippen LogP contribution in [0.5, 0.6) is 0 Å². The molecule has 1 atom stereocenters. The first-order valence-corrected chi connectivity index (χ1v) is 6.52. The Hall–Kier alpha value is -1.46. The van der Waals surface area contributed by atoms with Crippen molar-refractivity contribution >= 4 is 34.9 Å². The van der Waals surface area contributed by atoms with Crippen LogP contribution in [0.4, 0.5) is 0 Å². The molecule has 0 bridgehead atoms. The van der Waals surface area contributed by atoms with Crippen LogP contribution in [-0.4, -0.2) is 23.0 Å². The fourth-order valence-electron chi connectivity index (χ4n) is 1.82. The molecule has 0 saturated heterocycles. The molecule has 102 valence electrons. The molecule has 7 heteroatoms. The van der Waals surface area contributed by atoms with Crippen molar-refractivity contribution in [1.82, 2.24) is 5.32 Å². The topological polar surface area (TPSA) is 87.7 Å². The molecule has 1 amide bonds. The SMILES string of the molecule is NC(=NO)C(NC(=O)c1cccc(Cl)c1Cl)C1CC1. The number of amidine groups is 1. The first-order valence-electron chi connectivity index (χ1n) is 5.77. The lowest BCUT2D eigenvalue weighted by Crippen LogP contribution is -2.46. The number of nitrogens with one attached hydrogen (secondary N) is 1. The van der Waals surface area contributed by atoms with E-state index in [2.05, 4.69) is 10.5 Å². The third kappa shape index (κ3) is 3.11. The van der Waals surface area contributed by atoms with Crippen molar-refractivity contribution in [2.45, 2.75) is 18.9 Å². The van der Waals surface area contributed by atoms with E-state index in [1.54, 1.807) is 18.2 Å². The molecule has 1 aliphatic rings. The van der Waals surface area contributed by atoms with Gasteiger partial charge in [0.05, 0.1) is 21.7 Å². The molecule has 0 aliphatic heterocycles. The van der Waals surface area contributed by atoms with E-state index < -0.39 is 11.9 Å². The van der Waals surface area contributed by atoms with E-state index >= 15 is 0 Å². The van der Waals surface area contributed by atoms with Gasteiger partial charge in [-0.25, -0.2) is 0 Å². The molecule has 0 spiro atoms. The molecule has 1 aromatic rings. The van der Waals surface area contributed by atoms with E-state index in [0.29, 0.717) is 5.02 Å². The highest BCUT2D eigenvalue weighted by Gasteiger charge is 2.35. The summed E-state index contributed by atoms with van der Waals surface area (Å²) in [7, 11) is 0. The minimum atomic E-state index is -0.479. The predicted molar refractivity (Wildman–Crippen MR) is 73.8 cm³/mol. The van der Waals surface area contributed by atoms with Crippen LogP contribution in [0, 0.1) is 5.92 Å². The summed E-state index contributed by atoms with van der Waals surface area (Å²) in [5.74, 6) is -0.192. The molecule has 4 N–H and O–H groups in total. The van der Waals surface area contributed by atoms with Crippen molar-refractivity contribution in [1.29, 1.82) is 0 Å². The number of halogens is 2. The number of amides is 1. The first-order chi connectivity index (χ1) is 9.04. The van der Waals surface area contributed by atoms with E-state index in [-0.39, 0.29) is 22.3 Å². The van der Waals surface area contributed by atoms with Gasteiger partial charge < -0.3 is 16.3 Å². The summed E-state index contributed by atoms with van der Waals surface area (Å²) in [5, 5.41) is 14.9. The van der Waals surface area contributed by atoms with Crippen LogP contribution in [0.1, 0.15) is 23.2 Å². The third-order valence-corrected chi connectivity index (χ3v) is 3.83. The first kappa shape index (κ1) is 14.0. The average molecular weight is 302 g/mol. The minimum Gasteiger partial charge on any atom is -0.409 e. The summed E-state index contributed by atoms with van der Waals surface area (Å²) >= 11 is 11.8. The minimum absolute atomic E-state index is 0.00556. The van der Waals surface area contributed by atoms with Gasteiger partial charge in [-0.2, -0.15) is 0 Å². The zero-order valence-corrected chi connectivity index (χ0v) is 11.4. The van der Waals surface area contributed by atoms with Crippen LogP contribution in [0.25, 0.3) is 0 Å². The second-order valence-corrected chi connectivity index (χ2v) is 5.20. The van der Waals surface area contributed by atoms with Crippen LogP contribution in [0.3, 0.4) is 0 Å². The van der Waals surface area contributed by atoms with Crippen LogP contribution in [0.15, 0.2) is 23.4 Å². The van der Waals surface area contributed by atoms with Gasteiger partial charge in [-0.3, -0.25) is 4.79 Å². The summed E-state index contributed by atoms with van der Waals surface area (Å²) in [6, 6.07) is 4.33. The van der Waals surface area contributed by atoms with Crippen molar-refractivity contribution in [3.8, 4) is 0 Å². The fourth-order valence-corrected chi connectivity index (χ4v) is 2.21. The lowest BCUT2D eigenvalue weighted by molar-refractivity contribution is 0.0943. The molecule has 0 heterocycles. The smallest absolute Gasteiger partial charge is 0.253 e. The van der Waals surface area contributed by atoms with E-state index in [1.807, 2.05) is 0 Å². The maximum Gasteiger partial charge on any atom is 0.253 e. The summed E-state index contributed by atoms with van der Waals surface area (Å²) in [5.41, 5.74) is 5.85. The van der Waals surface area contributed by atoms with Crippen LogP contribution < -0.4 is 11.1 Å². The molecular weight excluding hydrogens is 289 g/mol. The maximum absolute atomic E-state index is 12.1. The van der Waals surface area contributed by atoms with Gasteiger partial charge in [0.2, 0.25) is 0 Å². The molecule has 5 nitrogen and oxygen atoms in total. The third-order valence-electron chi connectivity index (χ3n) is 3.01. The van der Waals surface area contributed by atoms with Gasteiger partial charge in [-0.1, -0.05) is 34.4 Å². The Morgan fingerprint density at radius 3 is 2.74 bits per heavy atom. The van der Waals surface area contributed by atoms with Gasteiger partial charge in [0.15, 0.2) is 5.84 Å². The van der Waals surface area contributed by atoms with Gasteiger partial charge in [0.25, 0.3) is 5.91 Å². The molecule has 1 fully saturated rings. The number of oxime groups is 1. The second kappa shape index (κ2) is 5.67. The zero-order valence-electron chi connectivity index (χ0n) is 9.94. The number of carbonyl (C=O) groups is 1. The van der Waals surface area contributed by atoms with Crippen LogP contribution >= 0.6 is 23.2 Å². The normalized spacial score (nSPS) is 17.1. The number of hydrogen-bond donors (Lipinski definition) is 3. The lowest BCUT2D eigenvalue weighted by atomic mass is 10.1. The Morgan fingerprint density at radius 2 is 2.16 bits per heavy atom. The van der Waals surface area contributed by atoms with E-state index in [9.17, 15) is 4.79 Å². The number of benzene rings is 1. The van der Waals surface area contributed by atoms with E-state index in [0.717, 1.165) is 12.8 Å². The number of hydrogen-bond acceptors (Lipinski definition) is 3. The zero-order chi connectivity index (χ0) is 14.0. The summed E-state index contributed by atoms with van der Waals surface area (Å²) in [6.07, 6.45) is 1.87. The van der Waals surface area contributed by atoms with E-state index in [1.165, 1.54) is 0 Å². The summed E-state index contributed by atoms with van der Waals surface area (Å²) in [6.45, 7) is 0. The molecule has 19 heavy (non-hydrogen) atoms. The van der Waals surface area contributed by atoms with Crippen molar-refractivity contribution in [3.05, 3.63) is 33.8 Å². The van der Waals surface area contributed by atoms with E-state index in [4.69, 9.17) is 34.1 Å². The molecule has 1 unspecified atom stereocenters. The molecule has 1 aromatic carbocycles. The predicted octanol–water partition coefficient (Wildman–Crippen LogP) is 2.25. The van der Waals surface area contributed by atoms with Crippen molar-refractivity contribution in [2.24, 2.45) is 16.8 Å². The Morgan fingerprint density at radius 1 is 1.47 bits per heavy atom. The maximum atomic E-state index is 12.1. The highest BCUT2D eigenvalue weighted by Crippen LogP contribution is 2.33. The lowest BCUT2D eigenvalue weighted by Gasteiger charge is -2.17. The van der Waals surface area contributed by atoms with Crippen molar-refractivity contribution in [2.75, 3.05) is 0 Å². The van der Waals surface area contributed by atoms with Crippen LogP contribution in [0.2, 0.25) is 10.0 Å². The highest BCUT2D eigenvalue weighted by molar-refractivity contribution is 6.43. The summed E-state index contributed by atoms with van der Waals surface area (Å²) in [4.78, 5) is 12.1. The standard InChI is InChI=1S/C12H13Cl2N3O2/c13-8-3-1-2-7(9(8)14)12(18)16-10(6-4-5-6)11(15)17-19/h1-3,6,10,19H,4-5H2,(H2,15,17)(H,16,18). The molecule has 1 aliphatic carbocycles. The van der Waals surface area contributed by atoms with Crippen molar-refractivity contribution < 1.29 is 10.0 Å². The fraction of sp³-hybridized carbons (Fsp3) is 0.333. The molecule has 0 radical (unpaired) electrons. The van der Waals surface area contributed by atoms with Gasteiger partial charge >= 0.3 is 0 Å². The highest BCUT2D eigenvalue weighted by atomic mass is 35.5. The molecular formula is C12H13Cl2N3O2. The van der Waals surface area contributed by atoms with Crippen LogP contribution in [-0.2, 0) is 0 Å². The number of nitrogens with two attached hydrogens (primary N) is 1. The number of nitrogens with zero attached hydrogens (tertiary/aromatic N) is 1. The summed E-state index contributed by atoms with van der Waals surface area (Å²) < 4.78 is 0. The largest absolute Gasteiger partial charge is 0.409 e. The quantitative estimate of drug-likeness (QED) is 0.345. The molecule has 0 aromatic heterocycles. The Bertz CT molecular complexity index is 530. The average Bonchev–Trinajstić information content (AvgIpc) is 3.22. The monoisotopic (exact) mass is 301 g/mol. The number of carbonyl (C=O) groups excluding carboxylic acids is 1. The van der Waals surface area contributed by atoms with Gasteiger partial charge in [-0.15, -0.1) is 0 Å². The number of rotatable bonds is 4. The second-order valence-electron chi connectivity index (χ2n) is 4.41. The Kier molecular flexibility index (Phi) is 4.17. The van der Waals surface area contributed by atoms with Gasteiger partial charge in [-0.05, 0) is 30.9 Å².